The van der Waals surface area contributed by atoms with Gasteiger partial charge in [-0.2, -0.15) is 4.39 Å². The summed E-state index contributed by atoms with van der Waals surface area (Å²) >= 11 is 5.66. The Balaban J connectivity index is 2.24. The second-order valence-corrected chi connectivity index (χ2v) is 3.65. The van der Waals surface area contributed by atoms with Gasteiger partial charge in [0.05, 0.1) is 11.8 Å². The maximum absolute atomic E-state index is 12.9. The zero-order chi connectivity index (χ0) is 13.1. The van der Waals surface area contributed by atoms with Crippen LogP contribution in [0.3, 0.4) is 0 Å². The third-order valence-corrected chi connectivity index (χ3v) is 2.31. The fourth-order valence-electron chi connectivity index (χ4n) is 1.24. The minimum absolute atomic E-state index is 0.000304. The van der Waals surface area contributed by atoms with Gasteiger partial charge in [0, 0.05) is 0 Å². The summed E-state index contributed by atoms with van der Waals surface area (Å²) < 4.78 is 25.7. The second kappa shape index (κ2) is 5.05. The Labute approximate surface area is 106 Å². The van der Waals surface area contributed by atoms with Crippen molar-refractivity contribution in [3.8, 4) is 0 Å². The van der Waals surface area contributed by atoms with Crippen LogP contribution >= 0.6 is 11.6 Å². The fraction of sp³-hybridized carbons (Fsp3) is 0. The highest BCUT2D eigenvalue weighted by Gasteiger charge is 2.13. The molecule has 0 aliphatic heterocycles. The molecular formula is C11H6ClF2N3O. The van der Waals surface area contributed by atoms with E-state index in [1.165, 1.54) is 12.1 Å². The number of nitrogens with one attached hydrogen (secondary N) is 1. The summed E-state index contributed by atoms with van der Waals surface area (Å²) in [5.74, 6) is -2.15. The molecule has 18 heavy (non-hydrogen) atoms. The quantitative estimate of drug-likeness (QED) is 0.853. The number of anilines is 1. The minimum Gasteiger partial charge on any atom is -0.306 e. The first-order valence-corrected chi connectivity index (χ1v) is 5.19. The van der Waals surface area contributed by atoms with Crippen molar-refractivity contribution in [3.05, 3.63) is 52.9 Å². The zero-order valence-electron chi connectivity index (χ0n) is 8.82. The summed E-state index contributed by atoms with van der Waals surface area (Å²) in [5, 5.41) is 2.14. The Morgan fingerprint density at radius 2 is 2.11 bits per heavy atom. The van der Waals surface area contributed by atoms with E-state index in [-0.39, 0.29) is 16.5 Å². The van der Waals surface area contributed by atoms with Gasteiger partial charge >= 0.3 is 0 Å². The van der Waals surface area contributed by atoms with E-state index < -0.39 is 17.7 Å². The van der Waals surface area contributed by atoms with E-state index in [1.54, 1.807) is 0 Å². The molecule has 0 spiro atoms. The van der Waals surface area contributed by atoms with Crippen molar-refractivity contribution in [1.82, 2.24) is 9.97 Å². The van der Waals surface area contributed by atoms with Gasteiger partial charge in [0.15, 0.2) is 0 Å². The molecule has 0 bridgehead atoms. The van der Waals surface area contributed by atoms with Gasteiger partial charge < -0.3 is 5.32 Å². The largest absolute Gasteiger partial charge is 0.306 e. The zero-order valence-corrected chi connectivity index (χ0v) is 9.58. The topological polar surface area (TPSA) is 54.9 Å². The SMILES string of the molecule is O=C(Nc1cccc(F)n1)c1cc(F)cnc1Cl. The number of halogens is 3. The normalized spacial score (nSPS) is 10.2. The maximum Gasteiger partial charge on any atom is 0.260 e. The summed E-state index contributed by atoms with van der Waals surface area (Å²) in [7, 11) is 0. The van der Waals surface area contributed by atoms with Gasteiger partial charge in [0.25, 0.3) is 5.91 Å². The van der Waals surface area contributed by atoms with Crippen LogP contribution in [0.15, 0.2) is 30.5 Å². The smallest absolute Gasteiger partial charge is 0.260 e. The lowest BCUT2D eigenvalue weighted by atomic mass is 10.2. The molecule has 0 aliphatic carbocycles. The van der Waals surface area contributed by atoms with Gasteiger partial charge in [-0.1, -0.05) is 17.7 Å². The molecule has 1 N–H and O–H groups in total. The number of nitrogens with zero attached hydrogens (tertiary/aromatic N) is 2. The van der Waals surface area contributed by atoms with E-state index >= 15 is 0 Å². The highest BCUT2D eigenvalue weighted by molar-refractivity contribution is 6.33. The van der Waals surface area contributed by atoms with Crippen LogP contribution in [-0.2, 0) is 0 Å². The average Bonchev–Trinajstić information content (AvgIpc) is 2.32. The lowest BCUT2D eigenvalue weighted by Crippen LogP contribution is -2.14. The van der Waals surface area contributed by atoms with E-state index in [9.17, 15) is 13.6 Å². The van der Waals surface area contributed by atoms with Crippen LogP contribution in [0.1, 0.15) is 10.4 Å². The van der Waals surface area contributed by atoms with Gasteiger partial charge in [0.2, 0.25) is 5.95 Å². The van der Waals surface area contributed by atoms with Crippen molar-refractivity contribution in [2.75, 3.05) is 5.32 Å². The van der Waals surface area contributed by atoms with Crippen LogP contribution in [-0.4, -0.2) is 15.9 Å². The van der Waals surface area contributed by atoms with Crippen molar-refractivity contribution >= 4 is 23.3 Å². The molecule has 0 saturated heterocycles. The fourth-order valence-corrected chi connectivity index (χ4v) is 1.43. The number of carbonyl (C=O) groups is 1. The van der Waals surface area contributed by atoms with Gasteiger partial charge in [-0.25, -0.2) is 14.4 Å². The minimum atomic E-state index is -0.740. The number of hydrogen-bond donors (Lipinski definition) is 1. The Bertz CT molecular complexity index is 607. The summed E-state index contributed by atoms with van der Waals surface area (Å²) in [5.41, 5.74) is -0.150. The van der Waals surface area contributed by atoms with Crippen LogP contribution in [0, 0.1) is 11.8 Å². The summed E-state index contributed by atoms with van der Waals surface area (Å²) in [6.45, 7) is 0. The van der Waals surface area contributed by atoms with Crippen LogP contribution < -0.4 is 5.32 Å². The van der Waals surface area contributed by atoms with Gasteiger partial charge in [-0.15, -0.1) is 0 Å². The van der Waals surface area contributed by atoms with E-state index in [0.717, 1.165) is 18.3 Å². The molecule has 1 amide bonds. The number of amides is 1. The van der Waals surface area contributed by atoms with Crippen molar-refractivity contribution < 1.29 is 13.6 Å². The molecule has 92 valence electrons. The van der Waals surface area contributed by atoms with Crippen molar-refractivity contribution in [3.63, 3.8) is 0 Å². The first kappa shape index (κ1) is 12.4. The van der Waals surface area contributed by atoms with Crippen molar-refractivity contribution in [2.45, 2.75) is 0 Å². The predicted molar refractivity (Wildman–Crippen MR) is 61.4 cm³/mol. The highest BCUT2D eigenvalue weighted by Crippen LogP contribution is 2.15. The Morgan fingerprint density at radius 1 is 1.33 bits per heavy atom. The molecule has 2 rings (SSSR count). The molecule has 0 unspecified atom stereocenters. The van der Waals surface area contributed by atoms with Crippen molar-refractivity contribution in [1.29, 1.82) is 0 Å². The third kappa shape index (κ3) is 2.78. The van der Waals surface area contributed by atoms with Crippen LogP contribution in [0.2, 0.25) is 5.15 Å². The molecule has 0 aliphatic rings. The highest BCUT2D eigenvalue weighted by atomic mass is 35.5. The molecule has 0 aromatic carbocycles. The molecule has 0 radical (unpaired) electrons. The maximum atomic E-state index is 12.9. The van der Waals surface area contributed by atoms with Gasteiger partial charge in [0.1, 0.15) is 16.8 Å². The Morgan fingerprint density at radius 3 is 2.83 bits per heavy atom. The first-order valence-electron chi connectivity index (χ1n) is 4.81. The van der Waals surface area contributed by atoms with E-state index in [4.69, 9.17) is 11.6 Å². The molecule has 4 nitrogen and oxygen atoms in total. The number of hydrogen-bond acceptors (Lipinski definition) is 3. The number of carbonyl (C=O) groups excluding carboxylic acids is 1. The van der Waals surface area contributed by atoms with Gasteiger partial charge in [-0.3, -0.25) is 4.79 Å². The third-order valence-electron chi connectivity index (χ3n) is 2.01. The monoisotopic (exact) mass is 269 g/mol. The number of rotatable bonds is 2. The Hall–Kier alpha value is -2.08. The first-order chi connectivity index (χ1) is 8.56. The van der Waals surface area contributed by atoms with Crippen LogP contribution in [0.5, 0.6) is 0 Å². The lowest BCUT2D eigenvalue weighted by Gasteiger charge is -2.05. The molecule has 0 fully saturated rings. The summed E-state index contributed by atoms with van der Waals surface area (Å²) in [6.07, 6.45) is 0.888. The molecule has 0 saturated carbocycles. The van der Waals surface area contributed by atoms with Gasteiger partial charge in [-0.05, 0) is 18.2 Å². The van der Waals surface area contributed by atoms with E-state index in [0.29, 0.717) is 0 Å². The van der Waals surface area contributed by atoms with Crippen molar-refractivity contribution in [2.24, 2.45) is 0 Å². The van der Waals surface area contributed by atoms with Crippen LogP contribution in [0.4, 0.5) is 14.6 Å². The summed E-state index contributed by atoms with van der Waals surface area (Å²) in [6, 6.07) is 4.83. The Kier molecular flexibility index (Phi) is 3.47. The molecule has 2 heterocycles. The second-order valence-electron chi connectivity index (χ2n) is 3.29. The molecule has 2 aromatic heterocycles. The number of pyridine rings is 2. The lowest BCUT2D eigenvalue weighted by molar-refractivity contribution is 0.102. The number of aromatic nitrogens is 2. The predicted octanol–water partition coefficient (Wildman–Crippen LogP) is 2.66. The average molecular weight is 270 g/mol. The molecule has 2 aromatic rings. The molecule has 7 heteroatoms. The van der Waals surface area contributed by atoms with E-state index in [2.05, 4.69) is 15.3 Å². The summed E-state index contributed by atoms with van der Waals surface area (Å²) in [4.78, 5) is 18.7. The van der Waals surface area contributed by atoms with E-state index in [1.807, 2.05) is 0 Å². The standard InChI is InChI=1S/C11H6ClF2N3O/c12-10-7(4-6(13)5-15-10)11(18)17-9-3-1-2-8(14)16-9/h1-5H,(H,16,17,18). The molecule has 0 atom stereocenters. The van der Waals surface area contributed by atoms with Crippen LogP contribution in [0.25, 0.3) is 0 Å². The molecular weight excluding hydrogens is 264 g/mol.